The van der Waals surface area contributed by atoms with Gasteiger partial charge in [0.05, 0.1) is 0 Å². The molecule has 0 saturated carbocycles. The lowest BCUT2D eigenvalue weighted by Gasteiger charge is -2.06. The Morgan fingerprint density at radius 2 is 1.61 bits per heavy atom. The summed E-state index contributed by atoms with van der Waals surface area (Å²) < 4.78 is 7.26. The van der Waals surface area contributed by atoms with E-state index >= 15 is 0 Å². The molecular weight excluding hydrogens is 292 g/mol. The van der Waals surface area contributed by atoms with Crippen LogP contribution in [-0.2, 0) is 0 Å². The molecule has 0 amide bonds. The molecule has 0 radical (unpaired) electrons. The van der Waals surface area contributed by atoms with Crippen molar-refractivity contribution >= 4 is 5.65 Å². The number of ether oxygens (including phenoxy) is 1. The van der Waals surface area contributed by atoms with Gasteiger partial charge in [-0.1, -0.05) is 42.5 Å². The lowest BCUT2D eigenvalue weighted by atomic mass is 10.2. The third-order valence-electron chi connectivity index (χ3n) is 3.35. The highest BCUT2D eigenvalue weighted by atomic mass is 16.5. The van der Waals surface area contributed by atoms with E-state index in [0.717, 1.165) is 5.56 Å². The van der Waals surface area contributed by atoms with Gasteiger partial charge in [0.2, 0.25) is 5.88 Å². The summed E-state index contributed by atoms with van der Waals surface area (Å²) in [5.74, 6) is 1.37. The minimum atomic E-state index is 0.0569. The average molecular weight is 304 g/mol. The molecule has 4 rings (SSSR count). The standard InChI is InChI=1S/C17H12N4O2/c22-13-8-4-5-9-14(13)23-16-11-10-15-18-19-17(21(15)20-16)12-6-2-1-3-7-12/h1-11,22H. The number of aromatic hydroxyl groups is 1. The van der Waals surface area contributed by atoms with Crippen LogP contribution in [0.15, 0.2) is 66.7 Å². The summed E-state index contributed by atoms with van der Waals surface area (Å²) in [7, 11) is 0. The highest BCUT2D eigenvalue weighted by molar-refractivity contribution is 5.58. The van der Waals surface area contributed by atoms with Gasteiger partial charge in [-0.05, 0) is 18.2 Å². The molecule has 0 bridgehead atoms. The first-order valence-corrected chi connectivity index (χ1v) is 7.05. The van der Waals surface area contributed by atoms with Crippen molar-refractivity contribution in [3.05, 3.63) is 66.7 Å². The normalized spacial score (nSPS) is 10.8. The van der Waals surface area contributed by atoms with Gasteiger partial charge in [-0.3, -0.25) is 0 Å². The molecule has 112 valence electrons. The summed E-state index contributed by atoms with van der Waals surface area (Å²) in [5, 5.41) is 22.5. The van der Waals surface area contributed by atoms with Gasteiger partial charge >= 0.3 is 0 Å². The number of nitrogens with zero attached hydrogens (tertiary/aromatic N) is 4. The molecule has 0 aliphatic rings. The van der Waals surface area contributed by atoms with Crippen molar-refractivity contribution in [3.63, 3.8) is 0 Å². The molecule has 0 fully saturated rings. The zero-order valence-electron chi connectivity index (χ0n) is 12.0. The zero-order valence-corrected chi connectivity index (χ0v) is 12.0. The molecule has 2 aromatic heterocycles. The number of para-hydroxylation sites is 2. The number of hydrogen-bond donors (Lipinski definition) is 1. The number of hydrogen-bond acceptors (Lipinski definition) is 5. The van der Waals surface area contributed by atoms with Crippen LogP contribution in [0.1, 0.15) is 0 Å². The maximum atomic E-state index is 9.79. The molecule has 4 aromatic rings. The van der Waals surface area contributed by atoms with Gasteiger partial charge in [-0.15, -0.1) is 15.3 Å². The smallest absolute Gasteiger partial charge is 0.237 e. The van der Waals surface area contributed by atoms with E-state index in [-0.39, 0.29) is 5.75 Å². The lowest BCUT2D eigenvalue weighted by Crippen LogP contribution is -1.97. The van der Waals surface area contributed by atoms with Crippen LogP contribution in [-0.4, -0.2) is 24.9 Å². The fourth-order valence-electron chi connectivity index (χ4n) is 2.25. The van der Waals surface area contributed by atoms with Crippen molar-refractivity contribution in [1.29, 1.82) is 0 Å². The van der Waals surface area contributed by atoms with Crippen LogP contribution >= 0.6 is 0 Å². The van der Waals surface area contributed by atoms with Crippen LogP contribution in [0.25, 0.3) is 17.0 Å². The predicted octanol–water partition coefficient (Wildman–Crippen LogP) is 3.29. The van der Waals surface area contributed by atoms with E-state index in [9.17, 15) is 5.11 Å². The fourth-order valence-corrected chi connectivity index (χ4v) is 2.25. The number of aromatic nitrogens is 4. The first-order chi connectivity index (χ1) is 11.3. The first kappa shape index (κ1) is 13.3. The molecule has 23 heavy (non-hydrogen) atoms. The highest BCUT2D eigenvalue weighted by Gasteiger charge is 2.11. The molecule has 0 aliphatic carbocycles. The van der Waals surface area contributed by atoms with Crippen LogP contribution in [0.5, 0.6) is 17.4 Å². The fraction of sp³-hybridized carbons (Fsp3) is 0. The summed E-state index contributed by atoms with van der Waals surface area (Å²) in [5.41, 5.74) is 1.53. The van der Waals surface area contributed by atoms with Crippen LogP contribution in [0.4, 0.5) is 0 Å². The van der Waals surface area contributed by atoms with E-state index < -0.39 is 0 Å². The topological polar surface area (TPSA) is 72.5 Å². The van der Waals surface area contributed by atoms with E-state index in [0.29, 0.717) is 23.1 Å². The summed E-state index contributed by atoms with van der Waals surface area (Å²) >= 11 is 0. The Labute approximate surface area is 131 Å². The summed E-state index contributed by atoms with van der Waals surface area (Å²) in [4.78, 5) is 0. The maximum absolute atomic E-state index is 9.79. The van der Waals surface area contributed by atoms with Crippen molar-refractivity contribution in [3.8, 4) is 28.8 Å². The third kappa shape index (κ3) is 2.46. The average Bonchev–Trinajstić information content (AvgIpc) is 3.01. The second kappa shape index (κ2) is 5.42. The number of phenolic OH excluding ortho intramolecular Hbond substituents is 1. The van der Waals surface area contributed by atoms with Gasteiger partial charge in [0.1, 0.15) is 0 Å². The second-order valence-electron chi connectivity index (χ2n) is 4.90. The molecule has 0 aliphatic heterocycles. The van der Waals surface area contributed by atoms with E-state index in [4.69, 9.17) is 4.74 Å². The van der Waals surface area contributed by atoms with Crippen LogP contribution in [0.3, 0.4) is 0 Å². The molecule has 2 heterocycles. The number of rotatable bonds is 3. The Morgan fingerprint density at radius 1 is 0.826 bits per heavy atom. The minimum absolute atomic E-state index is 0.0569. The minimum Gasteiger partial charge on any atom is -0.504 e. The van der Waals surface area contributed by atoms with Gasteiger partial charge in [-0.25, -0.2) is 0 Å². The Balaban J connectivity index is 1.77. The van der Waals surface area contributed by atoms with E-state index in [1.807, 2.05) is 30.3 Å². The van der Waals surface area contributed by atoms with E-state index in [1.165, 1.54) is 0 Å². The van der Waals surface area contributed by atoms with E-state index in [1.54, 1.807) is 40.9 Å². The van der Waals surface area contributed by atoms with Gasteiger partial charge in [0.15, 0.2) is 23.0 Å². The SMILES string of the molecule is Oc1ccccc1Oc1ccc2nnc(-c3ccccc3)n2n1. The van der Waals surface area contributed by atoms with Crippen molar-refractivity contribution in [2.24, 2.45) is 0 Å². The Bertz CT molecular complexity index is 967. The van der Waals surface area contributed by atoms with E-state index in [2.05, 4.69) is 15.3 Å². The molecule has 2 aromatic carbocycles. The van der Waals surface area contributed by atoms with Gasteiger partial charge in [0, 0.05) is 11.6 Å². The van der Waals surface area contributed by atoms with Gasteiger partial charge < -0.3 is 9.84 Å². The molecular formula is C17H12N4O2. The number of benzene rings is 2. The Hall–Kier alpha value is -3.41. The van der Waals surface area contributed by atoms with Crippen LogP contribution in [0, 0.1) is 0 Å². The van der Waals surface area contributed by atoms with Crippen molar-refractivity contribution in [1.82, 2.24) is 19.8 Å². The third-order valence-corrected chi connectivity index (χ3v) is 3.35. The summed E-state index contributed by atoms with van der Waals surface area (Å²) in [6, 6.07) is 19.9. The van der Waals surface area contributed by atoms with Crippen molar-refractivity contribution in [2.45, 2.75) is 0 Å². The quantitative estimate of drug-likeness (QED) is 0.629. The highest BCUT2D eigenvalue weighted by Crippen LogP contribution is 2.29. The summed E-state index contributed by atoms with van der Waals surface area (Å²) in [6.07, 6.45) is 0. The van der Waals surface area contributed by atoms with Gasteiger partial charge in [0.25, 0.3) is 0 Å². The molecule has 0 unspecified atom stereocenters. The maximum Gasteiger partial charge on any atom is 0.237 e. The van der Waals surface area contributed by atoms with Crippen LogP contribution < -0.4 is 4.74 Å². The summed E-state index contributed by atoms with van der Waals surface area (Å²) in [6.45, 7) is 0. The monoisotopic (exact) mass is 304 g/mol. The molecule has 1 N–H and O–H groups in total. The van der Waals surface area contributed by atoms with Crippen molar-refractivity contribution < 1.29 is 9.84 Å². The Morgan fingerprint density at radius 3 is 2.43 bits per heavy atom. The van der Waals surface area contributed by atoms with Crippen molar-refractivity contribution in [2.75, 3.05) is 0 Å². The molecule has 6 heteroatoms. The largest absolute Gasteiger partial charge is 0.504 e. The van der Waals surface area contributed by atoms with Gasteiger partial charge in [-0.2, -0.15) is 4.52 Å². The number of fused-ring (bicyclic) bond motifs is 1. The Kier molecular flexibility index (Phi) is 3.12. The second-order valence-corrected chi connectivity index (χ2v) is 4.90. The lowest BCUT2D eigenvalue weighted by molar-refractivity contribution is 0.398. The molecule has 0 saturated heterocycles. The molecule has 0 spiro atoms. The molecule has 6 nitrogen and oxygen atoms in total. The number of phenols is 1. The molecule has 0 atom stereocenters. The zero-order chi connectivity index (χ0) is 15.6. The van der Waals surface area contributed by atoms with Crippen LogP contribution in [0.2, 0.25) is 0 Å². The predicted molar refractivity (Wildman–Crippen MR) is 84.4 cm³/mol. The first-order valence-electron chi connectivity index (χ1n) is 7.05.